The summed E-state index contributed by atoms with van der Waals surface area (Å²) in [5.41, 5.74) is 6.39. The van der Waals surface area contributed by atoms with Crippen molar-refractivity contribution >= 4 is 11.7 Å². The lowest BCUT2D eigenvalue weighted by Crippen LogP contribution is -2.36. The lowest BCUT2D eigenvalue weighted by atomic mass is 10.0. The van der Waals surface area contributed by atoms with Crippen molar-refractivity contribution in [1.82, 2.24) is 4.90 Å². The molecule has 0 amide bonds. The molecule has 0 aliphatic carbocycles. The summed E-state index contributed by atoms with van der Waals surface area (Å²) < 4.78 is 5.26. The van der Waals surface area contributed by atoms with Crippen LogP contribution in [0.25, 0.3) is 0 Å². The lowest BCUT2D eigenvalue weighted by Gasteiger charge is -2.26. The maximum atomic E-state index is 11.4. The van der Waals surface area contributed by atoms with Gasteiger partial charge < -0.3 is 15.6 Å². The number of ether oxygens (including phenoxy) is 1. The fraction of sp³-hybridized carbons (Fsp3) is 0.500. The van der Waals surface area contributed by atoms with E-state index < -0.39 is 16.9 Å². The Labute approximate surface area is 127 Å². The van der Waals surface area contributed by atoms with Gasteiger partial charge in [-0.1, -0.05) is 18.2 Å². The Bertz CT molecular complexity index is 557. The average Bonchev–Trinajstić information content (AvgIpc) is 2.48. The summed E-state index contributed by atoms with van der Waals surface area (Å²) in [5, 5.41) is 20.3. The molecule has 1 aromatic rings. The molecule has 1 atom stereocenters. The second kappa shape index (κ2) is 7.30. The van der Waals surface area contributed by atoms with Gasteiger partial charge in [0.05, 0.1) is 18.1 Å². The van der Waals surface area contributed by atoms with Gasteiger partial charge in [-0.15, -0.1) is 0 Å². The number of hydrogen-bond donors (Lipinski definition) is 2. The van der Waals surface area contributed by atoms with Crippen LogP contribution in [0.5, 0.6) is 0 Å². The molecule has 1 aliphatic rings. The van der Waals surface area contributed by atoms with Crippen LogP contribution >= 0.6 is 0 Å². The van der Waals surface area contributed by atoms with Crippen LogP contribution in [0.2, 0.25) is 0 Å². The van der Waals surface area contributed by atoms with Crippen LogP contribution in [0.15, 0.2) is 18.2 Å². The third-order valence-corrected chi connectivity index (χ3v) is 3.64. The van der Waals surface area contributed by atoms with E-state index >= 15 is 0 Å². The maximum Gasteiger partial charge on any atom is 0.320 e. The van der Waals surface area contributed by atoms with Gasteiger partial charge in [0, 0.05) is 37.2 Å². The van der Waals surface area contributed by atoms with Crippen molar-refractivity contribution in [3.8, 4) is 0 Å². The number of hydrogen-bond acceptors (Lipinski definition) is 6. The standard InChI is InChI=1S/C14H19N3O5/c15-12(14(18)19)8-10-2-1-3-11(13(10)17(20)21)9-16-4-6-22-7-5-16/h1-3,12H,4-9,15H2,(H,18,19). The van der Waals surface area contributed by atoms with Crippen molar-refractivity contribution in [3.63, 3.8) is 0 Å². The number of morpholine rings is 1. The van der Waals surface area contributed by atoms with Crippen LogP contribution < -0.4 is 5.73 Å². The fourth-order valence-corrected chi connectivity index (χ4v) is 2.50. The number of carboxylic acid groups (broad SMARTS) is 1. The topological polar surface area (TPSA) is 119 Å². The monoisotopic (exact) mass is 309 g/mol. The Balaban J connectivity index is 2.25. The zero-order valence-corrected chi connectivity index (χ0v) is 12.1. The van der Waals surface area contributed by atoms with E-state index in [9.17, 15) is 14.9 Å². The van der Waals surface area contributed by atoms with Gasteiger partial charge in [-0.05, 0) is 0 Å². The van der Waals surface area contributed by atoms with Gasteiger partial charge in [0.1, 0.15) is 6.04 Å². The Morgan fingerprint density at radius 3 is 2.64 bits per heavy atom. The molecule has 0 aromatic heterocycles. The van der Waals surface area contributed by atoms with Gasteiger partial charge in [-0.25, -0.2) is 0 Å². The van der Waals surface area contributed by atoms with E-state index in [1.165, 1.54) is 0 Å². The highest BCUT2D eigenvalue weighted by atomic mass is 16.6. The zero-order chi connectivity index (χ0) is 16.1. The molecule has 1 heterocycles. The smallest absolute Gasteiger partial charge is 0.320 e. The van der Waals surface area contributed by atoms with E-state index in [1.54, 1.807) is 18.2 Å². The molecule has 0 saturated carbocycles. The van der Waals surface area contributed by atoms with E-state index in [2.05, 4.69) is 4.90 Å². The predicted octanol–water partition coefficient (Wildman–Crippen LogP) is 0.381. The van der Waals surface area contributed by atoms with Crippen molar-refractivity contribution in [3.05, 3.63) is 39.4 Å². The number of carbonyl (C=O) groups is 1. The number of nitrogens with zero attached hydrogens (tertiary/aromatic N) is 2. The van der Waals surface area contributed by atoms with E-state index in [4.69, 9.17) is 15.6 Å². The lowest BCUT2D eigenvalue weighted by molar-refractivity contribution is -0.386. The van der Waals surface area contributed by atoms with Crippen LogP contribution in [0, 0.1) is 10.1 Å². The third-order valence-electron chi connectivity index (χ3n) is 3.64. The van der Waals surface area contributed by atoms with Gasteiger partial charge in [0.25, 0.3) is 5.69 Å². The normalized spacial score (nSPS) is 17.1. The molecule has 8 nitrogen and oxygen atoms in total. The van der Waals surface area contributed by atoms with Crippen molar-refractivity contribution in [2.75, 3.05) is 26.3 Å². The Morgan fingerprint density at radius 2 is 2.05 bits per heavy atom. The molecule has 1 aromatic carbocycles. The van der Waals surface area contributed by atoms with Crippen LogP contribution in [0.1, 0.15) is 11.1 Å². The van der Waals surface area contributed by atoms with Gasteiger partial charge in [0.2, 0.25) is 0 Å². The van der Waals surface area contributed by atoms with E-state index in [1.807, 2.05) is 0 Å². The largest absolute Gasteiger partial charge is 0.480 e. The molecule has 1 saturated heterocycles. The molecule has 1 fully saturated rings. The molecule has 0 spiro atoms. The first-order valence-corrected chi connectivity index (χ1v) is 7.02. The number of para-hydroxylation sites is 1. The molecule has 0 radical (unpaired) electrons. The summed E-state index contributed by atoms with van der Waals surface area (Å²) >= 11 is 0. The Hall–Kier alpha value is -2.03. The van der Waals surface area contributed by atoms with E-state index in [0.717, 1.165) is 13.1 Å². The zero-order valence-electron chi connectivity index (χ0n) is 12.1. The fourth-order valence-electron chi connectivity index (χ4n) is 2.50. The third kappa shape index (κ3) is 4.00. The quantitative estimate of drug-likeness (QED) is 0.576. The SMILES string of the molecule is NC(Cc1cccc(CN2CCOCC2)c1[N+](=O)[O-])C(=O)O. The molecule has 2 rings (SSSR count). The molecule has 1 unspecified atom stereocenters. The Morgan fingerprint density at radius 1 is 1.41 bits per heavy atom. The first kappa shape index (κ1) is 16.3. The summed E-state index contributed by atoms with van der Waals surface area (Å²) in [6, 6.07) is 3.80. The van der Waals surface area contributed by atoms with Crippen molar-refractivity contribution in [1.29, 1.82) is 0 Å². The highest BCUT2D eigenvalue weighted by Crippen LogP contribution is 2.26. The number of carboxylic acids is 1. The van der Waals surface area contributed by atoms with Crippen LogP contribution in [-0.4, -0.2) is 53.2 Å². The summed E-state index contributed by atoms with van der Waals surface area (Å²) in [6.07, 6.45) is -0.0669. The minimum absolute atomic E-state index is 0.0364. The van der Waals surface area contributed by atoms with Gasteiger partial charge in [0.15, 0.2) is 0 Å². The number of benzene rings is 1. The predicted molar refractivity (Wildman–Crippen MR) is 78.5 cm³/mol. The number of aliphatic carboxylic acids is 1. The minimum Gasteiger partial charge on any atom is -0.480 e. The molecule has 1 aliphatic heterocycles. The Kier molecular flexibility index (Phi) is 5.42. The molecule has 22 heavy (non-hydrogen) atoms. The van der Waals surface area contributed by atoms with Gasteiger partial charge in [-0.3, -0.25) is 19.8 Å². The maximum absolute atomic E-state index is 11.4. The van der Waals surface area contributed by atoms with Crippen LogP contribution in [0.4, 0.5) is 5.69 Å². The summed E-state index contributed by atoms with van der Waals surface area (Å²) in [6.45, 7) is 3.09. The summed E-state index contributed by atoms with van der Waals surface area (Å²) in [5.74, 6) is -1.17. The van der Waals surface area contributed by atoms with E-state index in [0.29, 0.717) is 30.9 Å². The average molecular weight is 309 g/mol. The highest BCUT2D eigenvalue weighted by molar-refractivity contribution is 5.74. The summed E-state index contributed by atoms with van der Waals surface area (Å²) in [7, 11) is 0. The minimum atomic E-state index is -1.17. The van der Waals surface area contributed by atoms with Crippen LogP contribution in [0.3, 0.4) is 0 Å². The van der Waals surface area contributed by atoms with Gasteiger partial charge in [-0.2, -0.15) is 0 Å². The first-order chi connectivity index (χ1) is 10.5. The summed E-state index contributed by atoms with van der Waals surface area (Å²) in [4.78, 5) is 23.9. The number of nitro groups is 1. The molecular weight excluding hydrogens is 290 g/mol. The van der Waals surface area contributed by atoms with E-state index in [-0.39, 0.29) is 12.1 Å². The van der Waals surface area contributed by atoms with Crippen molar-refractivity contribution < 1.29 is 19.6 Å². The number of nitrogens with two attached hydrogens (primary N) is 1. The highest BCUT2D eigenvalue weighted by Gasteiger charge is 2.24. The molecular formula is C14H19N3O5. The molecule has 3 N–H and O–H groups in total. The number of nitro benzene ring substituents is 1. The second-order valence-electron chi connectivity index (χ2n) is 5.22. The van der Waals surface area contributed by atoms with Crippen molar-refractivity contribution in [2.45, 2.75) is 19.0 Å². The first-order valence-electron chi connectivity index (χ1n) is 7.02. The molecule has 0 bridgehead atoms. The number of rotatable bonds is 6. The van der Waals surface area contributed by atoms with Crippen LogP contribution in [-0.2, 0) is 22.5 Å². The van der Waals surface area contributed by atoms with Crippen molar-refractivity contribution in [2.24, 2.45) is 5.73 Å². The second-order valence-corrected chi connectivity index (χ2v) is 5.22. The molecule has 8 heteroatoms. The molecule has 120 valence electrons. The van der Waals surface area contributed by atoms with Gasteiger partial charge >= 0.3 is 5.97 Å².